The van der Waals surface area contributed by atoms with Gasteiger partial charge in [0.05, 0.1) is 12.8 Å². The molecule has 0 saturated carbocycles. The van der Waals surface area contributed by atoms with E-state index in [4.69, 9.17) is 10.8 Å². The summed E-state index contributed by atoms with van der Waals surface area (Å²) in [6, 6.07) is -0.144. The molecular formula is C5H11FN2O. The minimum atomic E-state index is -0.998. The Morgan fingerprint density at radius 1 is 1.78 bits per heavy atom. The van der Waals surface area contributed by atoms with Crippen molar-refractivity contribution < 1.29 is 9.50 Å². The summed E-state index contributed by atoms with van der Waals surface area (Å²) in [5, 5.41) is 11.2. The van der Waals surface area contributed by atoms with Crippen molar-refractivity contribution in [3.63, 3.8) is 0 Å². The molecule has 0 aromatic carbocycles. The molecule has 0 amide bonds. The molecule has 1 fully saturated rings. The van der Waals surface area contributed by atoms with Crippen molar-refractivity contribution in [3.8, 4) is 0 Å². The second-order valence-corrected chi connectivity index (χ2v) is 2.32. The van der Waals surface area contributed by atoms with Crippen LogP contribution in [0.25, 0.3) is 0 Å². The van der Waals surface area contributed by atoms with Crippen LogP contribution in [-0.2, 0) is 0 Å². The van der Waals surface area contributed by atoms with Crippen LogP contribution in [0.1, 0.15) is 6.42 Å². The number of alkyl halides is 1. The average molecular weight is 134 g/mol. The molecule has 3 nitrogen and oxygen atoms in total. The SMILES string of the molecule is NC1NC(CO)CC1F. The third-order valence-corrected chi connectivity index (χ3v) is 1.55. The third kappa shape index (κ3) is 1.38. The van der Waals surface area contributed by atoms with E-state index < -0.39 is 12.3 Å². The van der Waals surface area contributed by atoms with Gasteiger partial charge in [-0.25, -0.2) is 4.39 Å². The van der Waals surface area contributed by atoms with Gasteiger partial charge < -0.3 is 10.8 Å². The maximum absolute atomic E-state index is 12.5. The van der Waals surface area contributed by atoms with Crippen molar-refractivity contribution >= 4 is 0 Å². The molecule has 0 aromatic rings. The lowest BCUT2D eigenvalue weighted by Gasteiger charge is -2.05. The van der Waals surface area contributed by atoms with Crippen LogP contribution in [-0.4, -0.2) is 30.1 Å². The Kier molecular flexibility index (Phi) is 2.00. The number of hydrogen-bond acceptors (Lipinski definition) is 3. The maximum atomic E-state index is 12.5. The van der Waals surface area contributed by atoms with Crippen molar-refractivity contribution in [2.75, 3.05) is 6.61 Å². The summed E-state index contributed by atoms with van der Waals surface area (Å²) in [7, 11) is 0. The molecule has 54 valence electrons. The number of hydrogen-bond donors (Lipinski definition) is 3. The fourth-order valence-corrected chi connectivity index (χ4v) is 0.990. The fourth-order valence-electron chi connectivity index (χ4n) is 0.990. The van der Waals surface area contributed by atoms with E-state index in [9.17, 15) is 4.39 Å². The number of rotatable bonds is 1. The number of aliphatic hydroxyl groups is 1. The van der Waals surface area contributed by atoms with Gasteiger partial charge in [0.25, 0.3) is 0 Å². The van der Waals surface area contributed by atoms with E-state index in [0.29, 0.717) is 6.42 Å². The van der Waals surface area contributed by atoms with Crippen LogP contribution < -0.4 is 11.1 Å². The number of aliphatic hydroxyl groups excluding tert-OH is 1. The lowest BCUT2D eigenvalue weighted by atomic mass is 10.2. The monoisotopic (exact) mass is 134 g/mol. The molecule has 0 aliphatic carbocycles. The van der Waals surface area contributed by atoms with E-state index in [0.717, 1.165) is 0 Å². The second-order valence-electron chi connectivity index (χ2n) is 2.32. The van der Waals surface area contributed by atoms with Gasteiger partial charge in [0.2, 0.25) is 0 Å². The van der Waals surface area contributed by atoms with Gasteiger partial charge >= 0.3 is 0 Å². The average Bonchev–Trinajstić information content (AvgIpc) is 2.13. The van der Waals surface area contributed by atoms with Crippen molar-refractivity contribution in [2.45, 2.75) is 24.8 Å². The van der Waals surface area contributed by atoms with E-state index in [-0.39, 0.29) is 12.6 Å². The zero-order chi connectivity index (χ0) is 6.85. The topological polar surface area (TPSA) is 58.3 Å². The van der Waals surface area contributed by atoms with Gasteiger partial charge in [0.15, 0.2) is 0 Å². The summed E-state index contributed by atoms with van der Waals surface area (Å²) in [5.74, 6) is 0. The van der Waals surface area contributed by atoms with Gasteiger partial charge in [0, 0.05) is 6.04 Å². The molecule has 1 aliphatic heterocycles. The Hall–Kier alpha value is -0.190. The van der Waals surface area contributed by atoms with E-state index in [1.165, 1.54) is 0 Å². The van der Waals surface area contributed by atoms with Crippen LogP contribution in [0.2, 0.25) is 0 Å². The highest BCUT2D eigenvalue weighted by atomic mass is 19.1. The summed E-state index contributed by atoms with van der Waals surface area (Å²) in [4.78, 5) is 0. The van der Waals surface area contributed by atoms with Gasteiger partial charge in [-0.05, 0) is 6.42 Å². The minimum absolute atomic E-state index is 0.0336. The largest absolute Gasteiger partial charge is 0.395 e. The highest BCUT2D eigenvalue weighted by Gasteiger charge is 2.29. The smallest absolute Gasteiger partial charge is 0.130 e. The van der Waals surface area contributed by atoms with Crippen LogP contribution in [0, 0.1) is 0 Å². The summed E-state index contributed by atoms with van der Waals surface area (Å²) in [6.07, 6.45) is -1.25. The molecule has 1 heterocycles. The highest BCUT2D eigenvalue weighted by Crippen LogP contribution is 2.12. The van der Waals surface area contributed by atoms with E-state index >= 15 is 0 Å². The van der Waals surface area contributed by atoms with Gasteiger partial charge in [-0.2, -0.15) is 0 Å². The molecule has 1 rings (SSSR count). The van der Waals surface area contributed by atoms with Crippen LogP contribution in [0.4, 0.5) is 4.39 Å². The van der Waals surface area contributed by atoms with Crippen LogP contribution in [0.3, 0.4) is 0 Å². The molecule has 9 heavy (non-hydrogen) atoms. The first-order valence-electron chi connectivity index (χ1n) is 3.00. The Balaban J connectivity index is 2.35. The number of nitrogens with two attached hydrogens (primary N) is 1. The fraction of sp³-hybridized carbons (Fsp3) is 1.00. The van der Waals surface area contributed by atoms with Gasteiger partial charge in [-0.3, -0.25) is 5.32 Å². The van der Waals surface area contributed by atoms with Gasteiger partial charge in [-0.1, -0.05) is 0 Å². The molecule has 0 spiro atoms. The first-order chi connectivity index (χ1) is 4.24. The molecule has 4 heteroatoms. The Bertz CT molecular complexity index is 91.0. The quantitative estimate of drug-likeness (QED) is 0.429. The van der Waals surface area contributed by atoms with Gasteiger partial charge in [0.1, 0.15) is 6.17 Å². The Morgan fingerprint density at radius 3 is 2.67 bits per heavy atom. The molecule has 3 atom stereocenters. The van der Waals surface area contributed by atoms with Crippen molar-refractivity contribution in [1.29, 1.82) is 0 Å². The van der Waals surface area contributed by atoms with E-state index in [1.54, 1.807) is 0 Å². The molecular weight excluding hydrogens is 123 g/mol. The second kappa shape index (κ2) is 2.60. The third-order valence-electron chi connectivity index (χ3n) is 1.55. The van der Waals surface area contributed by atoms with Crippen LogP contribution >= 0.6 is 0 Å². The lowest BCUT2D eigenvalue weighted by Crippen LogP contribution is -2.40. The molecule has 0 bridgehead atoms. The van der Waals surface area contributed by atoms with E-state index in [2.05, 4.69) is 5.32 Å². The standard InChI is InChI=1S/C5H11FN2O/c6-4-1-3(2-9)8-5(4)7/h3-5,8-9H,1-2,7H2. The Labute approximate surface area is 53.0 Å². The zero-order valence-electron chi connectivity index (χ0n) is 5.05. The lowest BCUT2D eigenvalue weighted by molar-refractivity contribution is 0.248. The summed E-state index contributed by atoms with van der Waals surface area (Å²) in [5.41, 5.74) is 5.25. The van der Waals surface area contributed by atoms with Crippen LogP contribution in [0.5, 0.6) is 0 Å². The van der Waals surface area contributed by atoms with Gasteiger partial charge in [-0.15, -0.1) is 0 Å². The molecule has 4 N–H and O–H groups in total. The maximum Gasteiger partial charge on any atom is 0.130 e. The van der Waals surface area contributed by atoms with Crippen molar-refractivity contribution in [3.05, 3.63) is 0 Å². The minimum Gasteiger partial charge on any atom is -0.395 e. The molecule has 1 saturated heterocycles. The first-order valence-corrected chi connectivity index (χ1v) is 3.00. The number of halogens is 1. The van der Waals surface area contributed by atoms with Crippen LogP contribution in [0.15, 0.2) is 0 Å². The first kappa shape index (κ1) is 6.92. The molecule has 0 aromatic heterocycles. The highest BCUT2D eigenvalue weighted by molar-refractivity contribution is 4.86. The van der Waals surface area contributed by atoms with Crippen molar-refractivity contribution in [2.24, 2.45) is 5.73 Å². The normalized spacial score (nSPS) is 43.7. The zero-order valence-corrected chi connectivity index (χ0v) is 5.05. The van der Waals surface area contributed by atoms with E-state index in [1.807, 2.05) is 0 Å². The number of nitrogens with one attached hydrogen (secondary N) is 1. The predicted molar refractivity (Wildman–Crippen MR) is 31.5 cm³/mol. The molecule has 1 aliphatic rings. The summed E-state index contributed by atoms with van der Waals surface area (Å²) < 4.78 is 12.5. The van der Waals surface area contributed by atoms with Crippen molar-refractivity contribution in [1.82, 2.24) is 5.32 Å². The predicted octanol–water partition coefficient (Wildman–Crippen LogP) is -1.04. The molecule has 3 unspecified atom stereocenters. The molecule has 0 radical (unpaired) electrons. The summed E-state index contributed by atoms with van der Waals surface area (Å²) >= 11 is 0. The Morgan fingerprint density at radius 2 is 2.44 bits per heavy atom. The summed E-state index contributed by atoms with van der Waals surface area (Å²) in [6.45, 7) is -0.0336.